The molecule has 0 saturated carbocycles. The van der Waals surface area contributed by atoms with Crippen molar-refractivity contribution >= 4 is 28.2 Å². The van der Waals surface area contributed by atoms with Crippen molar-refractivity contribution in [3.05, 3.63) is 126 Å². The molecule has 0 aromatic heterocycles. The van der Waals surface area contributed by atoms with Gasteiger partial charge in [-0.1, -0.05) is 60.7 Å². The molecule has 1 aliphatic carbocycles. The van der Waals surface area contributed by atoms with Gasteiger partial charge in [0.15, 0.2) is 0 Å². The van der Waals surface area contributed by atoms with Crippen LogP contribution in [0, 0.1) is 0 Å². The molecule has 5 rings (SSSR count). The minimum absolute atomic E-state index is 0.849. The molecule has 0 spiro atoms. The Kier molecular flexibility index (Phi) is 6.67. The monoisotopic (exact) mass is 459 g/mol. The number of benzene rings is 4. The van der Waals surface area contributed by atoms with E-state index >= 15 is 0 Å². The van der Waals surface area contributed by atoms with E-state index in [4.69, 9.17) is 9.47 Å². The van der Waals surface area contributed by atoms with Gasteiger partial charge in [-0.05, 0) is 89.4 Å². The first-order valence-electron chi connectivity index (χ1n) is 11.9. The fourth-order valence-corrected chi connectivity index (χ4v) is 4.50. The molecule has 1 aliphatic rings. The van der Waals surface area contributed by atoms with Gasteiger partial charge in [-0.25, -0.2) is 0 Å². The zero-order chi connectivity index (χ0) is 24.0. The highest BCUT2D eigenvalue weighted by Crippen LogP contribution is 2.36. The normalized spacial score (nSPS) is 13.4. The van der Waals surface area contributed by atoms with E-state index < -0.39 is 0 Å². The van der Waals surface area contributed by atoms with Crippen LogP contribution in [0.3, 0.4) is 0 Å². The van der Waals surface area contributed by atoms with Crippen LogP contribution in [-0.4, -0.2) is 14.2 Å². The smallest absolute Gasteiger partial charge is 0.119 e. The molecule has 0 unspecified atom stereocenters. The van der Waals surface area contributed by atoms with Gasteiger partial charge in [-0.3, -0.25) is 0 Å². The first kappa shape index (κ1) is 22.5. The largest absolute Gasteiger partial charge is 0.497 e. The van der Waals surface area contributed by atoms with E-state index in [0.29, 0.717) is 0 Å². The van der Waals surface area contributed by atoms with Crippen molar-refractivity contribution in [2.24, 2.45) is 0 Å². The summed E-state index contributed by atoms with van der Waals surface area (Å²) >= 11 is 0. The summed E-state index contributed by atoms with van der Waals surface area (Å²) in [6.45, 7) is 0. The molecule has 0 amide bonds. The van der Waals surface area contributed by atoms with Crippen molar-refractivity contribution in [3.63, 3.8) is 0 Å². The lowest BCUT2D eigenvalue weighted by atomic mass is 9.98. The number of fused-ring (bicyclic) bond motifs is 1. The van der Waals surface area contributed by atoms with Gasteiger partial charge in [-0.15, -0.1) is 0 Å². The third kappa shape index (κ3) is 4.99. The Hall–Kier alpha value is -4.24. The number of methoxy groups -OCH3 is 2. The topological polar surface area (TPSA) is 21.7 Å². The number of anilines is 2. The van der Waals surface area contributed by atoms with Gasteiger partial charge >= 0.3 is 0 Å². The quantitative estimate of drug-likeness (QED) is 0.277. The Balaban J connectivity index is 1.45. The van der Waals surface area contributed by atoms with E-state index in [0.717, 1.165) is 35.7 Å². The second-order valence-electron chi connectivity index (χ2n) is 8.53. The maximum Gasteiger partial charge on any atom is 0.119 e. The van der Waals surface area contributed by atoms with E-state index in [1.54, 1.807) is 14.2 Å². The van der Waals surface area contributed by atoms with Crippen molar-refractivity contribution in [1.29, 1.82) is 0 Å². The van der Waals surface area contributed by atoms with Crippen LogP contribution >= 0.6 is 0 Å². The molecule has 0 N–H and O–H groups in total. The van der Waals surface area contributed by atoms with Gasteiger partial charge in [0.1, 0.15) is 11.5 Å². The van der Waals surface area contributed by atoms with Gasteiger partial charge in [-0.2, -0.15) is 0 Å². The van der Waals surface area contributed by atoms with E-state index in [-0.39, 0.29) is 0 Å². The lowest BCUT2D eigenvalue weighted by Crippen LogP contribution is -2.17. The highest BCUT2D eigenvalue weighted by atomic mass is 16.5. The predicted molar refractivity (Wildman–Crippen MR) is 147 cm³/mol. The van der Waals surface area contributed by atoms with Crippen LogP contribution in [-0.2, 0) is 0 Å². The molecule has 35 heavy (non-hydrogen) atoms. The Morgan fingerprint density at radius 1 is 0.629 bits per heavy atom. The van der Waals surface area contributed by atoms with E-state index in [2.05, 4.69) is 95.9 Å². The lowest BCUT2D eigenvalue weighted by molar-refractivity contribution is 0.415. The average Bonchev–Trinajstić information content (AvgIpc) is 2.93. The molecule has 0 bridgehead atoms. The van der Waals surface area contributed by atoms with Crippen molar-refractivity contribution < 1.29 is 9.47 Å². The van der Waals surface area contributed by atoms with Crippen LogP contribution in [0.2, 0.25) is 0 Å². The molecule has 0 radical (unpaired) electrons. The summed E-state index contributed by atoms with van der Waals surface area (Å²) in [5, 5.41) is 2.55. The van der Waals surface area contributed by atoms with E-state index in [9.17, 15) is 0 Å². The number of hydrogen-bond acceptors (Lipinski definition) is 3. The van der Waals surface area contributed by atoms with Crippen LogP contribution in [0.25, 0.3) is 16.8 Å². The first-order valence-corrected chi connectivity index (χ1v) is 11.9. The molecule has 0 aliphatic heterocycles. The Labute approximate surface area is 207 Å². The van der Waals surface area contributed by atoms with Crippen molar-refractivity contribution in [2.45, 2.75) is 12.8 Å². The van der Waals surface area contributed by atoms with E-state index in [1.165, 1.54) is 27.6 Å². The first-order chi connectivity index (χ1) is 17.2. The fourth-order valence-electron chi connectivity index (χ4n) is 4.50. The highest BCUT2D eigenvalue weighted by Gasteiger charge is 2.17. The number of rotatable bonds is 7. The zero-order valence-corrected chi connectivity index (χ0v) is 20.1. The van der Waals surface area contributed by atoms with Crippen molar-refractivity contribution in [3.8, 4) is 11.5 Å². The summed E-state index contributed by atoms with van der Waals surface area (Å²) in [6, 6.07) is 31.4. The minimum Gasteiger partial charge on any atom is -0.497 e. The van der Waals surface area contributed by atoms with Crippen LogP contribution in [0.5, 0.6) is 11.5 Å². The standard InChI is InChI=1S/C32H29NO2/c1-34-30-20-16-28(17-21-30)33(29-18-22-31(35-2)23-19-29)27-14-11-24(12-15-27)10-13-26-8-5-7-25-6-3-4-9-32(25)26/h3-11,13-14,16-23H,12,15H2,1-2H3. The van der Waals surface area contributed by atoms with Gasteiger partial charge < -0.3 is 14.4 Å². The van der Waals surface area contributed by atoms with Gasteiger partial charge in [0.25, 0.3) is 0 Å². The third-order valence-electron chi connectivity index (χ3n) is 6.41. The summed E-state index contributed by atoms with van der Waals surface area (Å²) in [5.74, 6) is 1.70. The summed E-state index contributed by atoms with van der Waals surface area (Å²) in [7, 11) is 3.38. The number of nitrogens with zero attached hydrogens (tertiary/aromatic N) is 1. The van der Waals surface area contributed by atoms with Crippen LogP contribution in [0.4, 0.5) is 11.4 Å². The summed E-state index contributed by atoms with van der Waals surface area (Å²) in [5.41, 5.74) is 6.03. The molecule has 0 atom stereocenters. The second-order valence-corrected chi connectivity index (χ2v) is 8.53. The molecule has 4 aromatic rings. The van der Waals surface area contributed by atoms with Crippen molar-refractivity contribution in [1.82, 2.24) is 0 Å². The molecule has 0 saturated heterocycles. The molecule has 3 heteroatoms. The highest BCUT2D eigenvalue weighted by molar-refractivity contribution is 5.90. The lowest BCUT2D eigenvalue weighted by Gasteiger charge is -2.29. The summed E-state index contributed by atoms with van der Waals surface area (Å²) in [4.78, 5) is 2.31. The molecular formula is C32H29NO2. The second kappa shape index (κ2) is 10.4. The van der Waals surface area contributed by atoms with Crippen LogP contribution < -0.4 is 14.4 Å². The summed E-state index contributed by atoms with van der Waals surface area (Å²) < 4.78 is 10.7. The Morgan fingerprint density at radius 2 is 1.26 bits per heavy atom. The third-order valence-corrected chi connectivity index (χ3v) is 6.41. The molecular weight excluding hydrogens is 430 g/mol. The number of allylic oxidation sites excluding steroid dienone is 5. The number of ether oxygens (including phenoxy) is 2. The minimum atomic E-state index is 0.849. The fraction of sp³-hybridized carbons (Fsp3) is 0.125. The van der Waals surface area contributed by atoms with Crippen molar-refractivity contribution in [2.75, 3.05) is 19.1 Å². The Morgan fingerprint density at radius 3 is 1.86 bits per heavy atom. The van der Waals surface area contributed by atoms with Crippen LogP contribution in [0.15, 0.2) is 120 Å². The molecule has 3 nitrogen and oxygen atoms in total. The van der Waals surface area contributed by atoms with Crippen LogP contribution in [0.1, 0.15) is 18.4 Å². The Bertz CT molecular complexity index is 1340. The maximum absolute atomic E-state index is 5.37. The molecule has 174 valence electrons. The van der Waals surface area contributed by atoms with Gasteiger partial charge in [0.05, 0.1) is 14.2 Å². The maximum atomic E-state index is 5.37. The molecule has 0 heterocycles. The average molecular weight is 460 g/mol. The SMILES string of the molecule is COc1ccc(N(C2=CC=C(C=Cc3cccc4ccccc34)CC2)c2ccc(OC)cc2)cc1. The zero-order valence-electron chi connectivity index (χ0n) is 20.1. The van der Waals surface area contributed by atoms with Gasteiger partial charge in [0.2, 0.25) is 0 Å². The molecule has 4 aromatic carbocycles. The summed E-state index contributed by atoms with van der Waals surface area (Å²) in [6.07, 6.45) is 10.9. The number of hydrogen-bond donors (Lipinski definition) is 0. The molecule has 0 fully saturated rings. The van der Waals surface area contributed by atoms with Gasteiger partial charge in [0, 0.05) is 17.1 Å². The predicted octanol–water partition coefficient (Wildman–Crippen LogP) is 8.31. The van der Waals surface area contributed by atoms with E-state index in [1.807, 2.05) is 24.3 Å².